The fraction of sp³-hybridized carbons (Fsp3) is 0.300. The zero-order valence-electron chi connectivity index (χ0n) is 22.0. The van der Waals surface area contributed by atoms with Gasteiger partial charge in [-0.15, -0.1) is 0 Å². The first-order valence-electron chi connectivity index (χ1n) is 12.8. The van der Waals surface area contributed by atoms with Crippen molar-refractivity contribution in [2.45, 2.75) is 20.4 Å². The summed E-state index contributed by atoms with van der Waals surface area (Å²) in [6.07, 6.45) is 0. The van der Waals surface area contributed by atoms with Crippen LogP contribution in [0.1, 0.15) is 40.1 Å². The van der Waals surface area contributed by atoms with Crippen molar-refractivity contribution in [3.8, 4) is 0 Å². The molecule has 1 N–H and O–H groups in total. The SMILES string of the molecule is CC(C)C(=O)Nc1ccc(N2CCN(C(=O)c3ccccc3F)CC2)c(C(=O)N(C)Cc2ccccc2)c1. The van der Waals surface area contributed by atoms with Gasteiger partial charge in [-0.1, -0.05) is 56.3 Å². The van der Waals surface area contributed by atoms with E-state index in [0.29, 0.717) is 44.0 Å². The second kappa shape index (κ2) is 11.9. The molecule has 0 saturated carbocycles. The van der Waals surface area contributed by atoms with E-state index in [1.807, 2.05) is 50.2 Å². The molecule has 38 heavy (non-hydrogen) atoms. The maximum absolute atomic E-state index is 14.2. The summed E-state index contributed by atoms with van der Waals surface area (Å²) in [4.78, 5) is 44.2. The van der Waals surface area contributed by atoms with Crippen LogP contribution in [0.4, 0.5) is 15.8 Å². The molecular formula is C30H33FN4O3. The number of halogens is 1. The number of carbonyl (C=O) groups excluding carboxylic acids is 3. The lowest BCUT2D eigenvalue weighted by atomic mass is 10.1. The lowest BCUT2D eigenvalue weighted by Gasteiger charge is -2.37. The topological polar surface area (TPSA) is 73.0 Å². The predicted molar refractivity (Wildman–Crippen MR) is 147 cm³/mol. The second-order valence-electron chi connectivity index (χ2n) is 9.78. The highest BCUT2D eigenvalue weighted by Crippen LogP contribution is 2.28. The summed E-state index contributed by atoms with van der Waals surface area (Å²) in [5.74, 6) is -1.38. The van der Waals surface area contributed by atoms with Crippen molar-refractivity contribution < 1.29 is 18.8 Å². The number of piperazine rings is 1. The number of nitrogens with one attached hydrogen (secondary N) is 1. The molecular weight excluding hydrogens is 483 g/mol. The number of anilines is 2. The Bertz CT molecular complexity index is 1300. The first-order chi connectivity index (χ1) is 18.2. The molecule has 0 aromatic heterocycles. The average Bonchev–Trinajstić information content (AvgIpc) is 2.93. The van der Waals surface area contributed by atoms with Crippen LogP contribution in [-0.2, 0) is 11.3 Å². The van der Waals surface area contributed by atoms with E-state index in [-0.39, 0.29) is 29.2 Å². The van der Waals surface area contributed by atoms with Gasteiger partial charge in [0.25, 0.3) is 11.8 Å². The lowest BCUT2D eigenvalue weighted by Crippen LogP contribution is -2.49. The third-order valence-corrected chi connectivity index (χ3v) is 6.64. The number of hydrogen-bond donors (Lipinski definition) is 1. The van der Waals surface area contributed by atoms with Crippen LogP contribution >= 0.6 is 0 Å². The molecule has 0 aliphatic carbocycles. The van der Waals surface area contributed by atoms with E-state index in [1.54, 1.807) is 41.1 Å². The van der Waals surface area contributed by atoms with Crippen LogP contribution in [0.2, 0.25) is 0 Å². The first kappa shape index (κ1) is 26.9. The average molecular weight is 517 g/mol. The number of carbonyl (C=O) groups is 3. The van der Waals surface area contributed by atoms with Crippen molar-refractivity contribution in [3.05, 3.63) is 95.3 Å². The second-order valence-corrected chi connectivity index (χ2v) is 9.78. The van der Waals surface area contributed by atoms with Crippen LogP contribution in [0, 0.1) is 11.7 Å². The fourth-order valence-corrected chi connectivity index (χ4v) is 4.44. The maximum atomic E-state index is 14.2. The number of hydrogen-bond acceptors (Lipinski definition) is 4. The highest BCUT2D eigenvalue weighted by molar-refractivity contribution is 6.02. The molecule has 3 aromatic carbocycles. The Kier molecular flexibility index (Phi) is 8.41. The summed E-state index contributed by atoms with van der Waals surface area (Å²) >= 11 is 0. The Morgan fingerprint density at radius 1 is 0.895 bits per heavy atom. The standard InChI is InChI=1S/C30H33FN4O3/c1-21(2)28(36)32-23-13-14-27(25(19-23)29(37)33(3)20-22-9-5-4-6-10-22)34-15-17-35(18-16-34)30(38)24-11-7-8-12-26(24)31/h4-14,19,21H,15-18,20H2,1-3H3,(H,32,36). The van der Waals surface area contributed by atoms with Crippen LogP contribution in [0.3, 0.4) is 0 Å². The minimum atomic E-state index is -0.534. The van der Waals surface area contributed by atoms with Crippen molar-refractivity contribution in [1.29, 1.82) is 0 Å². The molecule has 1 fully saturated rings. The molecule has 1 aliphatic heterocycles. The predicted octanol–water partition coefficient (Wildman–Crippen LogP) is 4.65. The zero-order valence-corrected chi connectivity index (χ0v) is 22.0. The van der Waals surface area contributed by atoms with Crippen LogP contribution in [0.15, 0.2) is 72.8 Å². The Morgan fingerprint density at radius 2 is 1.55 bits per heavy atom. The molecule has 0 atom stereocenters. The molecule has 0 bridgehead atoms. The van der Waals surface area contributed by atoms with Gasteiger partial charge in [-0.3, -0.25) is 14.4 Å². The molecule has 3 aromatic rings. The normalized spacial score (nSPS) is 13.4. The van der Waals surface area contributed by atoms with Crippen LogP contribution < -0.4 is 10.2 Å². The fourth-order valence-electron chi connectivity index (χ4n) is 4.44. The molecule has 7 nitrogen and oxygen atoms in total. The van der Waals surface area contributed by atoms with Crippen molar-refractivity contribution in [2.24, 2.45) is 5.92 Å². The van der Waals surface area contributed by atoms with E-state index in [0.717, 1.165) is 11.3 Å². The van der Waals surface area contributed by atoms with E-state index in [2.05, 4.69) is 10.2 Å². The Hall–Kier alpha value is -4.20. The first-order valence-corrected chi connectivity index (χ1v) is 12.8. The van der Waals surface area contributed by atoms with Crippen molar-refractivity contribution in [3.63, 3.8) is 0 Å². The summed E-state index contributed by atoms with van der Waals surface area (Å²) in [7, 11) is 1.75. The van der Waals surface area contributed by atoms with Gasteiger partial charge in [-0.25, -0.2) is 4.39 Å². The van der Waals surface area contributed by atoms with Crippen molar-refractivity contribution in [1.82, 2.24) is 9.80 Å². The van der Waals surface area contributed by atoms with E-state index >= 15 is 0 Å². The summed E-state index contributed by atoms with van der Waals surface area (Å²) in [5.41, 5.74) is 2.82. The quantitative estimate of drug-likeness (QED) is 0.496. The van der Waals surface area contributed by atoms with Crippen molar-refractivity contribution >= 4 is 29.1 Å². The smallest absolute Gasteiger partial charge is 0.256 e. The third-order valence-electron chi connectivity index (χ3n) is 6.64. The molecule has 3 amide bonds. The summed E-state index contributed by atoms with van der Waals surface area (Å²) in [5, 5.41) is 2.88. The highest BCUT2D eigenvalue weighted by Gasteiger charge is 2.27. The van der Waals surface area contributed by atoms with Gasteiger partial charge >= 0.3 is 0 Å². The van der Waals surface area contributed by atoms with Gasteiger partial charge in [-0.05, 0) is 35.9 Å². The van der Waals surface area contributed by atoms with Crippen molar-refractivity contribution in [2.75, 3.05) is 43.4 Å². The zero-order chi connectivity index (χ0) is 27.2. The van der Waals surface area contributed by atoms with Gasteiger partial charge in [0.1, 0.15) is 5.82 Å². The number of benzene rings is 3. The minimum Gasteiger partial charge on any atom is -0.367 e. The maximum Gasteiger partial charge on any atom is 0.256 e. The van der Waals surface area contributed by atoms with E-state index < -0.39 is 5.82 Å². The Balaban J connectivity index is 1.55. The van der Waals surface area contributed by atoms with Gasteiger partial charge in [0.05, 0.1) is 11.1 Å². The highest BCUT2D eigenvalue weighted by atomic mass is 19.1. The molecule has 8 heteroatoms. The summed E-state index contributed by atoms with van der Waals surface area (Å²) in [6, 6.07) is 21.1. The molecule has 1 aliphatic rings. The molecule has 0 radical (unpaired) electrons. The van der Waals surface area contributed by atoms with Gasteiger partial charge in [0.15, 0.2) is 0 Å². The van der Waals surface area contributed by atoms with Crippen LogP contribution in [0.5, 0.6) is 0 Å². The van der Waals surface area contributed by atoms with E-state index in [1.165, 1.54) is 12.1 Å². The van der Waals surface area contributed by atoms with E-state index in [9.17, 15) is 18.8 Å². The van der Waals surface area contributed by atoms with Crippen LogP contribution in [-0.4, -0.2) is 60.7 Å². The molecule has 1 saturated heterocycles. The molecule has 1 heterocycles. The molecule has 0 unspecified atom stereocenters. The van der Waals surface area contributed by atoms with Crippen LogP contribution in [0.25, 0.3) is 0 Å². The molecule has 0 spiro atoms. The van der Waals surface area contributed by atoms with Gasteiger partial charge < -0.3 is 20.0 Å². The Morgan fingerprint density at radius 3 is 2.21 bits per heavy atom. The molecule has 198 valence electrons. The number of amides is 3. The third kappa shape index (κ3) is 6.19. The Labute approximate surface area is 222 Å². The lowest BCUT2D eigenvalue weighted by molar-refractivity contribution is -0.118. The van der Waals surface area contributed by atoms with Gasteiger partial charge in [0, 0.05) is 57.1 Å². The largest absolute Gasteiger partial charge is 0.367 e. The number of nitrogens with zero attached hydrogens (tertiary/aromatic N) is 3. The van der Waals surface area contributed by atoms with E-state index in [4.69, 9.17) is 0 Å². The monoisotopic (exact) mass is 516 g/mol. The van der Waals surface area contributed by atoms with Gasteiger partial charge in [-0.2, -0.15) is 0 Å². The summed E-state index contributed by atoms with van der Waals surface area (Å²) in [6.45, 7) is 5.82. The minimum absolute atomic E-state index is 0.0598. The number of rotatable bonds is 7. The molecule has 4 rings (SSSR count). The summed E-state index contributed by atoms with van der Waals surface area (Å²) < 4.78 is 14.2. The van der Waals surface area contributed by atoms with Gasteiger partial charge in [0.2, 0.25) is 5.91 Å².